The lowest BCUT2D eigenvalue weighted by atomic mass is 10.1. The van der Waals surface area contributed by atoms with Crippen LogP contribution in [-0.2, 0) is 19.5 Å². The van der Waals surface area contributed by atoms with Crippen LogP contribution in [0.5, 0.6) is 0 Å². The van der Waals surface area contributed by atoms with Gasteiger partial charge in [0.2, 0.25) is 0 Å². The van der Waals surface area contributed by atoms with Crippen molar-refractivity contribution in [3.8, 4) is 0 Å². The van der Waals surface area contributed by atoms with E-state index in [0.29, 0.717) is 19.5 Å². The molecule has 6 nitrogen and oxygen atoms in total. The van der Waals surface area contributed by atoms with Gasteiger partial charge in [0.15, 0.2) is 0 Å². The van der Waals surface area contributed by atoms with E-state index in [-0.39, 0.29) is 10.6 Å². The molecule has 0 amide bonds. The monoisotopic (exact) mass is 274 g/mol. The third kappa shape index (κ3) is 2.70. The molecule has 106 valence electrons. The van der Waals surface area contributed by atoms with Gasteiger partial charge in [0, 0.05) is 36.0 Å². The molecule has 0 aliphatic rings. The normalized spacial score (nSPS) is 10.8. The first-order chi connectivity index (χ1) is 9.54. The van der Waals surface area contributed by atoms with E-state index in [1.54, 1.807) is 12.1 Å². The second-order valence-electron chi connectivity index (χ2n) is 4.71. The Kier molecular flexibility index (Phi) is 4.14. The van der Waals surface area contributed by atoms with E-state index in [1.807, 2.05) is 24.6 Å². The number of nitrogens with zero attached hydrogens (tertiary/aromatic N) is 3. The Labute approximate surface area is 117 Å². The van der Waals surface area contributed by atoms with Crippen LogP contribution >= 0.6 is 0 Å². The molecule has 0 saturated heterocycles. The summed E-state index contributed by atoms with van der Waals surface area (Å²) in [7, 11) is 0. The Morgan fingerprint density at radius 1 is 1.35 bits per heavy atom. The number of nitro benzene ring substituents is 1. The van der Waals surface area contributed by atoms with Crippen LogP contribution in [0.2, 0.25) is 0 Å². The van der Waals surface area contributed by atoms with Gasteiger partial charge in [-0.25, -0.2) is 0 Å². The van der Waals surface area contributed by atoms with Crippen LogP contribution in [-0.4, -0.2) is 14.7 Å². The highest BCUT2D eigenvalue weighted by Crippen LogP contribution is 2.19. The number of aryl methyl sites for hydroxylation is 3. The second kappa shape index (κ2) is 5.83. The minimum absolute atomic E-state index is 0.160. The average molecular weight is 274 g/mol. The van der Waals surface area contributed by atoms with Crippen molar-refractivity contribution in [3.63, 3.8) is 0 Å². The molecule has 0 bridgehead atoms. The van der Waals surface area contributed by atoms with Gasteiger partial charge < -0.3 is 5.73 Å². The number of hydrogen-bond acceptors (Lipinski definition) is 4. The van der Waals surface area contributed by atoms with E-state index in [2.05, 4.69) is 5.10 Å². The summed E-state index contributed by atoms with van der Waals surface area (Å²) in [5, 5.41) is 15.4. The third-order valence-corrected chi connectivity index (χ3v) is 3.52. The molecule has 6 heteroatoms. The van der Waals surface area contributed by atoms with Gasteiger partial charge in [0.1, 0.15) is 0 Å². The Morgan fingerprint density at radius 3 is 2.65 bits per heavy atom. The van der Waals surface area contributed by atoms with Gasteiger partial charge in [-0.1, -0.05) is 18.2 Å². The molecule has 0 saturated carbocycles. The molecule has 0 atom stereocenters. The summed E-state index contributed by atoms with van der Waals surface area (Å²) >= 11 is 0. The quantitative estimate of drug-likeness (QED) is 0.668. The van der Waals surface area contributed by atoms with Crippen LogP contribution in [0, 0.1) is 24.0 Å². The molecule has 2 N–H and O–H groups in total. The minimum atomic E-state index is -0.345. The Bertz CT molecular complexity index is 634. The zero-order chi connectivity index (χ0) is 14.7. The molecule has 0 aliphatic carbocycles. The summed E-state index contributed by atoms with van der Waals surface area (Å²) in [6.07, 6.45) is 0.573. The van der Waals surface area contributed by atoms with Gasteiger partial charge in [0.25, 0.3) is 5.69 Å². The van der Waals surface area contributed by atoms with Crippen LogP contribution < -0.4 is 5.73 Å². The van der Waals surface area contributed by atoms with E-state index < -0.39 is 0 Å². The first kappa shape index (κ1) is 14.2. The number of benzene rings is 1. The fourth-order valence-electron chi connectivity index (χ4n) is 2.37. The van der Waals surface area contributed by atoms with Gasteiger partial charge in [-0.05, 0) is 20.3 Å². The highest BCUT2D eigenvalue weighted by molar-refractivity contribution is 5.39. The standard InChI is InChI=1S/C14H18N4O2/c1-10-13(9-15)11(2)17(16-10)8-7-12-5-3-4-6-14(12)18(19)20/h3-6H,7-9,15H2,1-2H3. The van der Waals surface area contributed by atoms with Crippen molar-refractivity contribution in [2.75, 3.05) is 0 Å². The molecule has 2 aromatic rings. The zero-order valence-corrected chi connectivity index (χ0v) is 11.7. The lowest BCUT2D eigenvalue weighted by molar-refractivity contribution is -0.385. The second-order valence-corrected chi connectivity index (χ2v) is 4.71. The molecule has 0 fully saturated rings. The van der Waals surface area contributed by atoms with Gasteiger partial charge >= 0.3 is 0 Å². The topological polar surface area (TPSA) is 87.0 Å². The molecule has 0 unspecified atom stereocenters. The molecular weight excluding hydrogens is 256 g/mol. The van der Waals surface area contributed by atoms with Crippen molar-refractivity contribution in [2.24, 2.45) is 5.73 Å². The van der Waals surface area contributed by atoms with Gasteiger partial charge in [-0.2, -0.15) is 5.10 Å². The number of hydrogen-bond donors (Lipinski definition) is 1. The van der Waals surface area contributed by atoms with Crippen LogP contribution in [0.1, 0.15) is 22.5 Å². The van der Waals surface area contributed by atoms with Crippen LogP contribution in [0.4, 0.5) is 5.69 Å². The molecule has 0 radical (unpaired) electrons. The van der Waals surface area contributed by atoms with E-state index >= 15 is 0 Å². The van der Waals surface area contributed by atoms with Crippen LogP contribution in [0.15, 0.2) is 24.3 Å². The van der Waals surface area contributed by atoms with Crippen LogP contribution in [0.25, 0.3) is 0 Å². The van der Waals surface area contributed by atoms with E-state index in [1.165, 1.54) is 6.07 Å². The lowest BCUT2D eigenvalue weighted by Gasteiger charge is -2.06. The number of rotatable bonds is 5. The Balaban J connectivity index is 2.19. The fraction of sp³-hybridized carbons (Fsp3) is 0.357. The van der Waals surface area contributed by atoms with E-state index in [0.717, 1.165) is 22.5 Å². The van der Waals surface area contributed by atoms with Crippen molar-refractivity contribution in [1.82, 2.24) is 9.78 Å². The zero-order valence-electron chi connectivity index (χ0n) is 11.7. The fourth-order valence-corrected chi connectivity index (χ4v) is 2.37. The predicted molar refractivity (Wildman–Crippen MR) is 76.4 cm³/mol. The summed E-state index contributed by atoms with van der Waals surface area (Å²) in [5.74, 6) is 0. The maximum Gasteiger partial charge on any atom is 0.272 e. The van der Waals surface area contributed by atoms with Gasteiger partial charge in [0.05, 0.1) is 10.6 Å². The van der Waals surface area contributed by atoms with E-state index in [4.69, 9.17) is 5.73 Å². The van der Waals surface area contributed by atoms with Crippen molar-refractivity contribution in [2.45, 2.75) is 33.4 Å². The average Bonchev–Trinajstić information content (AvgIpc) is 2.70. The first-order valence-corrected chi connectivity index (χ1v) is 6.49. The highest BCUT2D eigenvalue weighted by Gasteiger charge is 2.14. The van der Waals surface area contributed by atoms with Gasteiger partial charge in [-0.3, -0.25) is 14.8 Å². The molecular formula is C14H18N4O2. The number of para-hydroxylation sites is 1. The number of nitro groups is 1. The molecule has 0 spiro atoms. The highest BCUT2D eigenvalue weighted by atomic mass is 16.6. The number of aromatic nitrogens is 2. The van der Waals surface area contributed by atoms with Gasteiger partial charge in [-0.15, -0.1) is 0 Å². The van der Waals surface area contributed by atoms with Crippen molar-refractivity contribution in [1.29, 1.82) is 0 Å². The van der Waals surface area contributed by atoms with Crippen molar-refractivity contribution in [3.05, 3.63) is 56.9 Å². The summed E-state index contributed by atoms with van der Waals surface area (Å²) in [4.78, 5) is 10.6. The SMILES string of the molecule is Cc1nn(CCc2ccccc2[N+](=O)[O-])c(C)c1CN. The molecule has 20 heavy (non-hydrogen) atoms. The maximum atomic E-state index is 11.0. The summed E-state index contributed by atoms with van der Waals surface area (Å²) < 4.78 is 1.87. The summed E-state index contributed by atoms with van der Waals surface area (Å²) in [6.45, 7) is 4.97. The van der Waals surface area contributed by atoms with Crippen molar-refractivity contribution < 1.29 is 4.92 Å². The predicted octanol–water partition coefficient (Wildman–Crippen LogP) is 2.11. The Hall–Kier alpha value is -2.21. The molecule has 1 heterocycles. The van der Waals surface area contributed by atoms with E-state index in [9.17, 15) is 10.1 Å². The molecule has 0 aliphatic heterocycles. The maximum absolute atomic E-state index is 11.0. The lowest BCUT2D eigenvalue weighted by Crippen LogP contribution is -2.07. The van der Waals surface area contributed by atoms with Crippen LogP contribution in [0.3, 0.4) is 0 Å². The molecule has 1 aromatic heterocycles. The molecule has 1 aromatic carbocycles. The Morgan fingerprint density at radius 2 is 2.05 bits per heavy atom. The summed E-state index contributed by atoms with van der Waals surface area (Å²) in [5.41, 5.74) is 9.58. The third-order valence-electron chi connectivity index (χ3n) is 3.52. The minimum Gasteiger partial charge on any atom is -0.326 e. The number of nitrogens with two attached hydrogens (primary N) is 1. The largest absolute Gasteiger partial charge is 0.326 e. The smallest absolute Gasteiger partial charge is 0.272 e. The first-order valence-electron chi connectivity index (χ1n) is 6.49. The molecule has 2 rings (SSSR count). The van der Waals surface area contributed by atoms with Crippen molar-refractivity contribution >= 4 is 5.69 Å². The summed E-state index contributed by atoms with van der Waals surface area (Å²) in [6, 6.07) is 6.81.